The summed E-state index contributed by atoms with van der Waals surface area (Å²) in [5.41, 5.74) is 1.29. The predicted molar refractivity (Wildman–Crippen MR) is 118 cm³/mol. The second-order valence-electron chi connectivity index (χ2n) is 6.97. The number of alkyl halides is 3. The second kappa shape index (κ2) is 12.2. The second-order valence-corrected chi connectivity index (χ2v) is 6.97. The molecule has 1 fully saturated rings. The summed E-state index contributed by atoms with van der Waals surface area (Å²) in [6, 6.07) is 10.5. The Morgan fingerprint density at radius 3 is 2.41 bits per heavy atom. The zero-order valence-corrected chi connectivity index (χ0v) is 19.0. The smallest absolute Gasteiger partial charge is 0.354 e. The van der Waals surface area contributed by atoms with Crippen LogP contribution in [0.15, 0.2) is 35.3 Å². The van der Waals surface area contributed by atoms with Crippen molar-refractivity contribution in [1.82, 2.24) is 20.4 Å². The predicted octanol–water partition coefficient (Wildman–Crippen LogP) is 2.45. The lowest BCUT2D eigenvalue weighted by Gasteiger charge is -2.33. The molecule has 164 valence electrons. The molecule has 6 nitrogen and oxygen atoms in total. The Morgan fingerprint density at radius 2 is 1.86 bits per heavy atom. The Morgan fingerprint density at radius 1 is 1.24 bits per heavy atom. The van der Waals surface area contributed by atoms with Crippen molar-refractivity contribution in [3.8, 4) is 0 Å². The summed E-state index contributed by atoms with van der Waals surface area (Å²) < 4.78 is 37.1. The van der Waals surface area contributed by atoms with E-state index in [9.17, 15) is 18.0 Å². The molecule has 1 amide bonds. The number of amides is 1. The quantitative estimate of drug-likeness (QED) is 0.339. The van der Waals surface area contributed by atoms with Gasteiger partial charge in [0.15, 0.2) is 5.96 Å². The maximum atomic E-state index is 12.4. The summed E-state index contributed by atoms with van der Waals surface area (Å²) in [6.45, 7) is 1.30. The summed E-state index contributed by atoms with van der Waals surface area (Å²) in [4.78, 5) is 18.9. The fourth-order valence-electron chi connectivity index (χ4n) is 3.12. The maximum Gasteiger partial charge on any atom is 0.406 e. The van der Waals surface area contributed by atoms with Crippen LogP contribution in [0.3, 0.4) is 0 Å². The third kappa shape index (κ3) is 9.66. The van der Waals surface area contributed by atoms with Gasteiger partial charge in [-0.15, -0.1) is 24.0 Å². The van der Waals surface area contributed by atoms with Gasteiger partial charge in [0.1, 0.15) is 6.54 Å². The molecule has 1 aromatic carbocycles. The van der Waals surface area contributed by atoms with E-state index in [2.05, 4.69) is 32.7 Å². The summed E-state index contributed by atoms with van der Waals surface area (Å²) in [6.07, 6.45) is -2.55. The van der Waals surface area contributed by atoms with Crippen LogP contribution in [0, 0.1) is 0 Å². The molecule has 0 bridgehead atoms. The molecule has 1 saturated heterocycles. The molecule has 1 aliphatic heterocycles. The Labute approximate surface area is 186 Å². The van der Waals surface area contributed by atoms with Crippen molar-refractivity contribution >= 4 is 35.8 Å². The number of piperidine rings is 1. The van der Waals surface area contributed by atoms with Gasteiger partial charge in [-0.25, -0.2) is 0 Å². The minimum atomic E-state index is -4.40. The summed E-state index contributed by atoms with van der Waals surface area (Å²) in [7, 11) is 2.71. The molecule has 2 N–H and O–H groups in total. The van der Waals surface area contributed by atoms with Crippen LogP contribution in [0.25, 0.3) is 0 Å². The molecule has 1 aromatic rings. The van der Waals surface area contributed by atoms with E-state index in [4.69, 9.17) is 0 Å². The van der Waals surface area contributed by atoms with Crippen molar-refractivity contribution in [3.63, 3.8) is 0 Å². The van der Waals surface area contributed by atoms with E-state index in [1.165, 1.54) is 5.56 Å². The molecule has 10 heteroatoms. The molecule has 0 unspecified atom stereocenters. The summed E-state index contributed by atoms with van der Waals surface area (Å²) in [5, 5.41) is 6.05. The van der Waals surface area contributed by atoms with E-state index in [0.717, 1.165) is 39.5 Å². The van der Waals surface area contributed by atoms with Gasteiger partial charge in [0, 0.05) is 39.8 Å². The van der Waals surface area contributed by atoms with Crippen LogP contribution >= 0.6 is 24.0 Å². The monoisotopic (exact) mass is 527 g/mol. The third-order valence-electron chi connectivity index (χ3n) is 4.65. The highest BCUT2D eigenvalue weighted by atomic mass is 127. The van der Waals surface area contributed by atoms with Gasteiger partial charge < -0.3 is 15.5 Å². The number of hydrogen-bond donors (Lipinski definition) is 2. The fourth-order valence-corrected chi connectivity index (χ4v) is 3.12. The molecule has 0 radical (unpaired) electrons. The van der Waals surface area contributed by atoms with Crippen molar-refractivity contribution < 1.29 is 18.0 Å². The molecule has 0 spiro atoms. The van der Waals surface area contributed by atoms with E-state index < -0.39 is 18.6 Å². The van der Waals surface area contributed by atoms with Crippen molar-refractivity contribution in [1.29, 1.82) is 0 Å². The van der Waals surface area contributed by atoms with E-state index in [1.807, 2.05) is 18.2 Å². The Kier molecular flexibility index (Phi) is 10.7. The highest BCUT2D eigenvalue weighted by Gasteiger charge is 2.31. The molecular formula is C19H29F3IN5O. The summed E-state index contributed by atoms with van der Waals surface area (Å²) in [5.74, 6) is -0.215. The third-order valence-corrected chi connectivity index (χ3v) is 4.65. The summed E-state index contributed by atoms with van der Waals surface area (Å²) >= 11 is 0. The molecule has 0 saturated carbocycles. The van der Waals surface area contributed by atoms with Crippen LogP contribution < -0.4 is 10.6 Å². The van der Waals surface area contributed by atoms with Crippen LogP contribution in [0.5, 0.6) is 0 Å². The van der Waals surface area contributed by atoms with Gasteiger partial charge in [0.05, 0.1) is 6.54 Å². The van der Waals surface area contributed by atoms with E-state index in [0.29, 0.717) is 10.9 Å². The number of hydrogen-bond acceptors (Lipinski definition) is 3. The first-order chi connectivity index (χ1) is 13.3. The minimum Gasteiger partial charge on any atom is -0.354 e. The highest BCUT2D eigenvalue weighted by molar-refractivity contribution is 14.0. The number of guanidine groups is 1. The van der Waals surface area contributed by atoms with Crippen LogP contribution in [0.1, 0.15) is 18.4 Å². The lowest BCUT2D eigenvalue weighted by atomic mass is 10.0. The van der Waals surface area contributed by atoms with Crippen molar-refractivity contribution in [2.24, 2.45) is 4.99 Å². The minimum absolute atomic E-state index is 0. The van der Waals surface area contributed by atoms with Crippen LogP contribution in [0.2, 0.25) is 0 Å². The van der Waals surface area contributed by atoms with Gasteiger partial charge in [-0.2, -0.15) is 13.2 Å². The topological polar surface area (TPSA) is 60.0 Å². The van der Waals surface area contributed by atoms with Crippen molar-refractivity contribution in [2.75, 3.05) is 40.3 Å². The first-order valence-electron chi connectivity index (χ1n) is 9.31. The zero-order valence-electron chi connectivity index (χ0n) is 16.7. The molecule has 0 aliphatic carbocycles. The first-order valence-corrected chi connectivity index (χ1v) is 9.31. The average Bonchev–Trinajstić information content (AvgIpc) is 2.65. The number of nitrogens with zero attached hydrogens (tertiary/aromatic N) is 3. The van der Waals surface area contributed by atoms with Gasteiger partial charge in [-0.3, -0.25) is 14.7 Å². The average molecular weight is 527 g/mol. The number of benzene rings is 1. The number of likely N-dealkylation sites (N-methyl/N-ethyl adjacent to an activating group) is 1. The van der Waals surface area contributed by atoms with Crippen LogP contribution in [-0.2, 0) is 11.3 Å². The molecule has 1 aliphatic rings. The molecule has 1 heterocycles. The van der Waals surface area contributed by atoms with Gasteiger partial charge in [-0.05, 0) is 18.4 Å². The SMILES string of the molecule is CN=C(NCC(=O)N(C)CC(F)(F)F)NC1CCN(Cc2ccccc2)CC1.I. The Bertz CT molecular complexity index is 649. The first kappa shape index (κ1) is 25.5. The standard InChI is InChI=1S/C19H28F3N5O.HI/c1-23-18(24-12-17(28)26(2)14-19(20,21)22)25-16-8-10-27(11-9-16)13-15-6-4-3-5-7-15;/h3-7,16H,8-14H2,1-2H3,(H2,23,24,25);1H. The van der Waals surface area contributed by atoms with Crippen molar-refractivity contribution in [3.05, 3.63) is 35.9 Å². The molecule has 0 aromatic heterocycles. The number of aliphatic imine (C=N–C) groups is 1. The number of carbonyl (C=O) groups is 1. The molecular weight excluding hydrogens is 498 g/mol. The van der Waals surface area contributed by atoms with Gasteiger partial charge in [-0.1, -0.05) is 30.3 Å². The Balaban J connectivity index is 0.00000420. The van der Waals surface area contributed by atoms with Gasteiger partial charge in [0.25, 0.3) is 0 Å². The molecule has 2 rings (SSSR count). The fraction of sp³-hybridized carbons (Fsp3) is 0.579. The lowest BCUT2D eigenvalue weighted by Crippen LogP contribution is -2.50. The molecule has 29 heavy (non-hydrogen) atoms. The number of nitrogens with one attached hydrogen (secondary N) is 2. The Hall–Kier alpha value is -1.56. The number of rotatable bonds is 6. The van der Waals surface area contributed by atoms with E-state index in [1.54, 1.807) is 7.05 Å². The molecule has 0 atom stereocenters. The van der Waals surface area contributed by atoms with Crippen LogP contribution in [0.4, 0.5) is 13.2 Å². The normalized spacial score (nSPS) is 16.1. The number of likely N-dealkylation sites (tertiary alicyclic amines) is 1. The largest absolute Gasteiger partial charge is 0.406 e. The number of carbonyl (C=O) groups excluding carboxylic acids is 1. The maximum absolute atomic E-state index is 12.4. The zero-order chi connectivity index (χ0) is 20.6. The van der Waals surface area contributed by atoms with E-state index in [-0.39, 0.29) is 36.6 Å². The van der Waals surface area contributed by atoms with Crippen molar-refractivity contribution in [2.45, 2.75) is 31.6 Å². The highest BCUT2D eigenvalue weighted by Crippen LogP contribution is 2.15. The van der Waals surface area contributed by atoms with Crippen LogP contribution in [-0.4, -0.2) is 74.2 Å². The number of halogens is 4. The van der Waals surface area contributed by atoms with Gasteiger partial charge >= 0.3 is 6.18 Å². The lowest BCUT2D eigenvalue weighted by molar-refractivity contribution is -0.157. The van der Waals surface area contributed by atoms with Gasteiger partial charge in [0.2, 0.25) is 5.91 Å². The van der Waals surface area contributed by atoms with E-state index >= 15 is 0 Å².